The molecule has 0 aromatic heterocycles. The number of carbonyl (C=O) groups is 1. The predicted molar refractivity (Wildman–Crippen MR) is 131 cm³/mol. The molecule has 0 fully saturated rings. The average molecular weight is 477 g/mol. The van der Waals surface area contributed by atoms with Crippen LogP contribution in [0.15, 0.2) is 60.7 Å². The molecule has 3 aromatic rings. The number of rotatable bonds is 4. The molecule has 0 saturated carbocycles. The SMILES string of the molecule is COC(=O)[C@@H]1Cc2cc3c(cc2CN1Cc1cccc(F)c1)O[C@@H](c1ccc(O)cc1)CCN3C. The van der Waals surface area contributed by atoms with Crippen molar-refractivity contribution in [3.63, 3.8) is 0 Å². The summed E-state index contributed by atoms with van der Waals surface area (Å²) in [5, 5.41) is 9.66. The minimum Gasteiger partial charge on any atom is -0.508 e. The van der Waals surface area contributed by atoms with E-state index in [4.69, 9.17) is 9.47 Å². The Hall–Kier alpha value is -3.58. The number of nitrogens with zero attached hydrogens (tertiary/aromatic N) is 2. The van der Waals surface area contributed by atoms with Crippen LogP contribution >= 0.6 is 0 Å². The summed E-state index contributed by atoms with van der Waals surface area (Å²) in [5.41, 5.74) is 4.99. The largest absolute Gasteiger partial charge is 0.508 e. The third kappa shape index (κ3) is 4.82. The Balaban J connectivity index is 1.47. The van der Waals surface area contributed by atoms with Crippen LogP contribution in [0.5, 0.6) is 11.5 Å². The van der Waals surface area contributed by atoms with Gasteiger partial charge in [0.15, 0.2) is 0 Å². The summed E-state index contributed by atoms with van der Waals surface area (Å²) < 4.78 is 25.4. The Morgan fingerprint density at radius 2 is 1.94 bits per heavy atom. The zero-order valence-corrected chi connectivity index (χ0v) is 19.9. The normalized spacial score (nSPS) is 19.8. The first-order chi connectivity index (χ1) is 16.9. The molecule has 0 aliphatic carbocycles. The molecular weight excluding hydrogens is 447 g/mol. The number of ether oxygens (including phenoxy) is 2. The van der Waals surface area contributed by atoms with Gasteiger partial charge in [-0.3, -0.25) is 9.69 Å². The first-order valence-electron chi connectivity index (χ1n) is 11.8. The molecule has 0 radical (unpaired) electrons. The monoisotopic (exact) mass is 476 g/mol. The smallest absolute Gasteiger partial charge is 0.323 e. The highest BCUT2D eigenvalue weighted by atomic mass is 19.1. The van der Waals surface area contributed by atoms with Crippen molar-refractivity contribution in [2.45, 2.75) is 38.1 Å². The molecule has 7 heteroatoms. The van der Waals surface area contributed by atoms with Gasteiger partial charge in [-0.05, 0) is 65.1 Å². The molecule has 6 nitrogen and oxygen atoms in total. The van der Waals surface area contributed by atoms with Crippen LogP contribution in [0.2, 0.25) is 0 Å². The molecule has 35 heavy (non-hydrogen) atoms. The van der Waals surface area contributed by atoms with E-state index in [1.807, 2.05) is 30.1 Å². The van der Waals surface area contributed by atoms with Gasteiger partial charge in [0.1, 0.15) is 29.5 Å². The second-order valence-electron chi connectivity index (χ2n) is 9.27. The van der Waals surface area contributed by atoms with Crippen molar-refractivity contribution in [2.75, 3.05) is 25.6 Å². The van der Waals surface area contributed by atoms with Gasteiger partial charge < -0.3 is 19.5 Å². The van der Waals surface area contributed by atoms with E-state index >= 15 is 0 Å². The van der Waals surface area contributed by atoms with E-state index in [2.05, 4.69) is 17.0 Å². The van der Waals surface area contributed by atoms with Crippen LogP contribution in [0.1, 0.15) is 34.8 Å². The van der Waals surface area contributed by atoms with Gasteiger partial charge in [0, 0.05) is 33.1 Å². The van der Waals surface area contributed by atoms with Gasteiger partial charge in [0.25, 0.3) is 0 Å². The number of phenols is 1. The lowest BCUT2D eigenvalue weighted by atomic mass is 9.92. The number of carbonyl (C=O) groups excluding carboxylic acids is 1. The van der Waals surface area contributed by atoms with Crippen molar-refractivity contribution in [3.05, 3.63) is 88.7 Å². The van der Waals surface area contributed by atoms with Crippen LogP contribution in [0, 0.1) is 5.82 Å². The number of fused-ring (bicyclic) bond motifs is 2. The third-order valence-electron chi connectivity index (χ3n) is 6.93. The van der Waals surface area contributed by atoms with Gasteiger partial charge in [0.05, 0.1) is 12.8 Å². The maximum atomic E-state index is 13.8. The number of hydrogen-bond acceptors (Lipinski definition) is 6. The lowest BCUT2D eigenvalue weighted by Gasteiger charge is -2.36. The molecule has 0 spiro atoms. The Morgan fingerprint density at radius 1 is 1.14 bits per heavy atom. The molecule has 0 amide bonds. The van der Waals surface area contributed by atoms with Crippen LogP contribution in [-0.4, -0.2) is 42.7 Å². The molecule has 0 unspecified atom stereocenters. The van der Waals surface area contributed by atoms with Gasteiger partial charge in [0.2, 0.25) is 0 Å². The van der Waals surface area contributed by atoms with E-state index in [1.165, 1.54) is 19.2 Å². The zero-order valence-electron chi connectivity index (χ0n) is 19.9. The van der Waals surface area contributed by atoms with Crippen molar-refractivity contribution in [1.82, 2.24) is 4.90 Å². The molecule has 5 rings (SSSR count). The zero-order chi connectivity index (χ0) is 24.5. The molecule has 0 saturated heterocycles. The van der Waals surface area contributed by atoms with Gasteiger partial charge in [-0.1, -0.05) is 24.3 Å². The maximum Gasteiger partial charge on any atom is 0.323 e. The fraction of sp³-hybridized carbons (Fsp3) is 0.321. The highest BCUT2D eigenvalue weighted by Crippen LogP contribution is 2.41. The number of anilines is 1. The average Bonchev–Trinajstić information content (AvgIpc) is 3.01. The van der Waals surface area contributed by atoms with Gasteiger partial charge >= 0.3 is 5.97 Å². The molecular formula is C28H29FN2O4. The second kappa shape index (κ2) is 9.58. The molecule has 0 bridgehead atoms. The Bertz CT molecular complexity index is 1230. The molecule has 2 atom stereocenters. The molecule has 2 aliphatic heterocycles. The van der Waals surface area contributed by atoms with Gasteiger partial charge in [-0.15, -0.1) is 0 Å². The van der Waals surface area contributed by atoms with E-state index in [0.717, 1.165) is 46.7 Å². The molecule has 3 aromatic carbocycles. The molecule has 1 N–H and O–H groups in total. The van der Waals surface area contributed by atoms with Crippen LogP contribution < -0.4 is 9.64 Å². The van der Waals surface area contributed by atoms with Crippen LogP contribution in [0.3, 0.4) is 0 Å². The number of hydrogen-bond donors (Lipinski definition) is 1. The number of esters is 1. The van der Waals surface area contributed by atoms with Gasteiger partial charge in [-0.25, -0.2) is 4.39 Å². The van der Waals surface area contributed by atoms with Gasteiger partial charge in [-0.2, -0.15) is 0 Å². The Kier molecular flexibility index (Phi) is 6.34. The fourth-order valence-corrected chi connectivity index (χ4v) is 5.02. The van der Waals surface area contributed by atoms with E-state index in [0.29, 0.717) is 19.5 Å². The molecule has 182 valence electrons. The number of benzene rings is 3. The minimum absolute atomic E-state index is 0.132. The molecule has 2 heterocycles. The predicted octanol–water partition coefficient (Wildman–Crippen LogP) is 4.59. The van der Waals surface area contributed by atoms with Crippen molar-refractivity contribution < 1.29 is 23.8 Å². The van der Waals surface area contributed by atoms with Crippen molar-refractivity contribution in [1.29, 1.82) is 0 Å². The van der Waals surface area contributed by atoms with Crippen LogP contribution in [0.4, 0.5) is 10.1 Å². The number of halogens is 1. The maximum absolute atomic E-state index is 13.8. The summed E-state index contributed by atoms with van der Waals surface area (Å²) >= 11 is 0. The molecule has 2 aliphatic rings. The summed E-state index contributed by atoms with van der Waals surface area (Å²) in [7, 11) is 3.45. The van der Waals surface area contributed by atoms with E-state index in [9.17, 15) is 14.3 Å². The van der Waals surface area contributed by atoms with Crippen molar-refractivity contribution >= 4 is 11.7 Å². The lowest BCUT2D eigenvalue weighted by Crippen LogP contribution is -2.45. The summed E-state index contributed by atoms with van der Waals surface area (Å²) in [4.78, 5) is 16.9. The van der Waals surface area contributed by atoms with Crippen molar-refractivity contribution in [2.24, 2.45) is 0 Å². The third-order valence-corrected chi connectivity index (χ3v) is 6.93. The number of methoxy groups -OCH3 is 1. The minimum atomic E-state index is -0.449. The number of phenolic OH excluding ortho intramolecular Hbond substituents is 1. The highest BCUT2D eigenvalue weighted by Gasteiger charge is 2.34. The first-order valence-corrected chi connectivity index (χ1v) is 11.8. The van der Waals surface area contributed by atoms with E-state index < -0.39 is 6.04 Å². The first kappa shape index (κ1) is 23.2. The van der Waals surface area contributed by atoms with Crippen LogP contribution in [0.25, 0.3) is 0 Å². The summed E-state index contributed by atoms with van der Waals surface area (Å²) in [5.74, 6) is 0.437. The topological polar surface area (TPSA) is 62.2 Å². The second-order valence-corrected chi connectivity index (χ2v) is 9.27. The standard InChI is InChI=1S/C28H29FN2O4/c1-30-11-10-26(19-6-8-23(32)9-7-19)35-27-15-21-17-31(16-18-4-3-5-22(29)12-18)25(28(33)34-2)14-20(21)13-24(27)30/h3-9,12-13,15,25-26,32H,10-11,14,16-17H2,1-2H3/t25-,26+/m0/s1. The summed E-state index contributed by atoms with van der Waals surface area (Å²) in [6.45, 7) is 1.77. The van der Waals surface area contributed by atoms with E-state index in [1.54, 1.807) is 18.2 Å². The Morgan fingerprint density at radius 3 is 2.69 bits per heavy atom. The van der Waals surface area contributed by atoms with Crippen molar-refractivity contribution in [3.8, 4) is 11.5 Å². The van der Waals surface area contributed by atoms with Crippen LogP contribution in [-0.2, 0) is 29.0 Å². The Labute approximate surface area is 204 Å². The fourth-order valence-electron chi connectivity index (χ4n) is 5.02. The summed E-state index contributed by atoms with van der Waals surface area (Å²) in [6, 6.07) is 17.4. The lowest BCUT2D eigenvalue weighted by molar-refractivity contribution is -0.148. The summed E-state index contributed by atoms with van der Waals surface area (Å²) in [6.07, 6.45) is 1.18. The van der Waals surface area contributed by atoms with E-state index in [-0.39, 0.29) is 23.6 Å². The quantitative estimate of drug-likeness (QED) is 0.556. The number of aromatic hydroxyl groups is 1. The highest BCUT2D eigenvalue weighted by molar-refractivity contribution is 5.77.